The molecule has 0 heterocycles. The molecule has 1 atom stereocenters. The summed E-state index contributed by atoms with van der Waals surface area (Å²) in [5, 5.41) is 5.62. The highest BCUT2D eigenvalue weighted by Crippen LogP contribution is 2.17. The van der Waals surface area contributed by atoms with Gasteiger partial charge in [-0.2, -0.15) is 0 Å². The maximum absolute atomic E-state index is 12.3. The summed E-state index contributed by atoms with van der Waals surface area (Å²) in [6, 6.07) is 6.89. The zero-order chi connectivity index (χ0) is 16.8. The van der Waals surface area contributed by atoms with Crippen LogP contribution in [0.25, 0.3) is 0 Å². The number of amides is 2. The van der Waals surface area contributed by atoms with Crippen molar-refractivity contribution in [3.05, 3.63) is 29.8 Å². The molecular formula is C16H25N3O3. The van der Waals surface area contributed by atoms with Crippen molar-refractivity contribution in [2.75, 3.05) is 19.0 Å². The number of anilines is 1. The Morgan fingerprint density at radius 2 is 1.91 bits per heavy atom. The Bertz CT molecular complexity index is 520. The molecule has 6 heteroatoms. The molecule has 0 aliphatic carbocycles. The predicted octanol–water partition coefficient (Wildman–Crippen LogP) is 1.52. The van der Waals surface area contributed by atoms with Gasteiger partial charge in [-0.05, 0) is 32.9 Å². The van der Waals surface area contributed by atoms with E-state index >= 15 is 0 Å². The van der Waals surface area contributed by atoms with Crippen LogP contribution in [0.5, 0.6) is 0 Å². The van der Waals surface area contributed by atoms with Gasteiger partial charge in [0.25, 0.3) is 5.91 Å². The molecule has 4 N–H and O–H groups in total. The molecule has 0 aliphatic rings. The number of rotatable bonds is 6. The van der Waals surface area contributed by atoms with E-state index in [1.165, 1.54) is 7.11 Å². The van der Waals surface area contributed by atoms with Gasteiger partial charge in [0, 0.05) is 19.2 Å². The number of nitrogens with one attached hydrogen (secondary N) is 2. The Kier molecular flexibility index (Phi) is 6.52. The third kappa shape index (κ3) is 5.83. The first-order chi connectivity index (χ1) is 10.3. The largest absolute Gasteiger partial charge is 0.380 e. The van der Waals surface area contributed by atoms with Crippen LogP contribution in [0.15, 0.2) is 24.3 Å². The van der Waals surface area contributed by atoms with Crippen LogP contribution in [0.2, 0.25) is 0 Å². The number of benzene rings is 1. The molecule has 2 amide bonds. The second-order valence-corrected chi connectivity index (χ2v) is 6.10. The standard InChI is InChI=1S/C16H25N3O3/c1-16(2,3)19-15(21)12-7-5-6-8-13(12)18-14(20)9-11(10-17)22-4/h5-8,11H,9-10,17H2,1-4H3,(H,18,20)(H,19,21). The van der Waals surface area contributed by atoms with Crippen LogP contribution in [0, 0.1) is 0 Å². The first-order valence-corrected chi connectivity index (χ1v) is 7.21. The topological polar surface area (TPSA) is 93.4 Å². The minimum atomic E-state index is -0.352. The van der Waals surface area contributed by atoms with Crippen molar-refractivity contribution < 1.29 is 14.3 Å². The fourth-order valence-electron chi connectivity index (χ4n) is 1.87. The molecule has 0 spiro atoms. The van der Waals surface area contributed by atoms with E-state index in [1.54, 1.807) is 24.3 Å². The van der Waals surface area contributed by atoms with Gasteiger partial charge in [0.2, 0.25) is 5.91 Å². The maximum Gasteiger partial charge on any atom is 0.253 e. The van der Waals surface area contributed by atoms with Gasteiger partial charge in [-0.1, -0.05) is 12.1 Å². The summed E-state index contributed by atoms with van der Waals surface area (Å²) in [4.78, 5) is 24.3. The molecule has 0 aliphatic heterocycles. The van der Waals surface area contributed by atoms with Crippen LogP contribution in [0.4, 0.5) is 5.69 Å². The lowest BCUT2D eigenvalue weighted by Crippen LogP contribution is -2.41. The lowest BCUT2D eigenvalue weighted by atomic mass is 10.1. The van der Waals surface area contributed by atoms with Gasteiger partial charge in [0.1, 0.15) is 0 Å². The van der Waals surface area contributed by atoms with Crippen molar-refractivity contribution in [1.82, 2.24) is 5.32 Å². The highest BCUT2D eigenvalue weighted by Gasteiger charge is 2.19. The number of methoxy groups -OCH3 is 1. The Morgan fingerprint density at radius 1 is 1.27 bits per heavy atom. The smallest absolute Gasteiger partial charge is 0.253 e. The molecule has 0 fully saturated rings. The van der Waals surface area contributed by atoms with E-state index in [4.69, 9.17) is 10.5 Å². The zero-order valence-corrected chi connectivity index (χ0v) is 13.6. The minimum absolute atomic E-state index is 0.141. The van der Waals surface area contributed by atoms with Gasteiger partial charge in [-0.3, -0.25) is 9.59 Å². The van der Waals surface area contributed by atoms with E-state index < -0.39 is 0 Å². The highest BCUT2D eigenvalue weighted by molar-refractivity contribution is 6.04. The van der Waals surface area contributed by atoms with Gasteiger partial charge in [0.05, 0.1) is 23.8 Å². The van der Waals surface area contributed by atoms with E-state index in [2.05, 4.69) is 10.6 Å². The normalized spacial score (nSPS) is 12.6. The summed E-state index contributed by atoms with van der Waals surface area (Å²) >= 11 is 0. The van der Waals surface area contributed by atoms with Crippen LogP contribution in [0.3, 0.4) is 0 Å². The molecule has 1 aromatic rings. The van der Waals surface area contributed by atoms with Gasteiger partial charge in [0.15, 0.2) is 0 Å². The second kappa shape index (κ2) is 7.91. The molecule has 122 valence electrons. The number of hydrogen-bond donors (Lipinski definition) is 3. The summed E-state index contributed by atoms with van der Waals surface area (Å²) in [6.07, 6.45) is -0.196. The Hall–Kier alpha value is -1.92. The van der Waals surface area contributed by atoms with Gasteiger partial charge < -0.3 is 21.1 Å². The number of ether oxygens (including phenoxy) is 1. The number of nitrogens with two attached hydrogens (primary N) is 1. The second-order valence-electron chi connectivity index (χ2n) is 6.10. The van der Waals surface area contributed by atoms with Crippen molar-refractivity contribution in [2.24, 2.45) is 5.73 Å². The quantitative estimate of drug-likeness (QED) is 0.743. The van der Waals surface area contributed by atoms with Crippen molar-refractivity contribution >= 4 is 17.5 Å². The lowest BCUT2D eigenvalue weighted by molar-refractivity contribution is -0.118. The van der Waals surface area contributed by atoms with Gasteiger partial charge >= 0.3 is 0 Å². The minimum Gasteiger partial charge on any atom is -0.380 e. The zero-order valence-electron chi connectivity index (χ0n) is 13.6. The van der Waals surface area contributed by atoms with Crippen LogP contribution in [0.1, 0.15) is 37.6 Å². The fraction of sp³-hybridized carbons (Fsp3) is 0.500. The summed E-state index contributed by atoms with van der Waals surface area (Å²) < 4.78 is 5.09. The summed E-state index contributed by atoms with van der Waals surface area (Å²) in [5.74, 6) is -0.473. The van der Waals surface area contributed by atoms with Gasteiger partial charge in [-0.25, -0.2) is 0 Å². The Balaban J connectivity index is 2.84. The molecule has 1 rings (SSSR count). The maximum atomic E-state index is 12.3. The number of hydrogen-bond acceptors (Lipinski definition) is 4. The third-order valence-electron chi connectivity index (χ3n) is 2.94. The number of carbonyl (C=O) groups is 2. The molecule has 6 nitrogen and oxygen atoms in total. The molecule has 1 unspecified atom stereocenters. The predicted molar refractivity (Wildman–Crippen MR) is 86.8 cm³/mol. The SMILES string of the molecule is COC(CN)CC(=O)Nc1ccccc1C(=O)NC(C)(C)C. The molecule has 0 saturated carbocycles. The number of para-hydroxylation sites is 1. The monoisotopic (exact) mass is 307 g/mol. The van der Waals surface area contributed by atoms with E-state index in [0.29, 0.717) is 11.3 Å². The van der Waals surface area contributed by atoms with E-state index in [-0.39, 0.29) is 36.4 Å². The van der Waals surface area contributed by atoms with Gasteiger partial charge in [-0.15, -0.1) is 0 Å². The molecule has 1 aromatic carbocycles. The van der Waals surface area contributed by atoms with Crippen molar-refractivity contribution in [1.29, 1.82) is 0 Å². The first kappa shape index (κ1) is 18.1. The van der Waals surface area contributed by atoms with Crippen LogP contribution < -0.4 is 16.4 Å². The average molecular weight is 307 g/mol. The summed E-state index contributed by atoms with van der Waals surface area (Å²) in [6.45, 7) is 5.96. The van der Waals surface area contributed by atoms with E-state index in [1.807, 2.05) is 20.8 Å². The van der Waals surface area contributed by atoms with E-state index in [0.717, 1.165) is 0 Å². The first-order valence-electron chi connectivity index (χ1n) is 7.21. The van der Waals surface area contributed by atoms with Crippen molar-refractivity contribution in [2.45, 2.75) is 38.8 Å². The molecule has 0 saturated heterocycles. The molecular weight excluding hydrogens is 282 g/mol. The Labute approximate surface area is 131 Å². The molecule has 0 bridgehead atoms. The molecule has 22 heavy (non-hydrogen) atoms. The van der Waals surface area contributed by atoms with Crippen LogP contribution >= 0.6 is 0 Å². The average Bonchev–Trinajstić information content (AvgIpc) is 2.43. The van der Waals surface area contributed by atoms with Crippen molar-refractivity contribution in [3.63, 3.8) is 0 Å². The van der Waals surface area contributed by atoms with Crippen LogP contribution in [-0.4, -0.2) is 37.1 Å². The molecule has 0 radical (unpaired) electrons. The molecule has 0 aromatic heterocycles. The summed E-state index contributed by atoms with van der Waals surface area (Å²) in [7, 11) is 1.51. The number of carbonyl (C=O) groups excluding carboxylic acids is 2. The highest BCUT2D eigenvalue weighted by atomic mass is 16.5. The van der Waals surface area contributed by atoms with Crippen LogP contribution in [-0.2, 0) is 9.53 Å². The third-order valence-corrected chi connectivity index (χ3v) is 2.94. The lowest BCUT2D eigenvalue weighted by Gasteiger charge is -2.21. The Morgan fingerprint density at radius 3 is 2.45 bits per heavy atom. The fourth-order valence-corrected chi connectivity index (χ4v) is 1.87. The van der Waals surface area contributed by atoms with Crippen molar-refractivity contribution in [3.8, 4) is 0 Å². The van der Waals surface area contributed by atoms with E-state index in [9.17, 15) is 9.59 Å². The summed E-state index contributed by atoms with van der Waals surface area (Å²) in [5.41, 5.74) is 6.05.